The van der Waals surface area contributed by atoms with Crippen LogP contribution in [0.3, 0.4) is 0 Å². The zero-order valence-corrected chi connectivity index (χ0v) is 15.8. The Bertz CT molecular complexity index is 1020. The van der Waals surface area contributed by atoms with Gasteiger partial charge in [0.15, 0.2) is 5.82 Å². The molecule has 1 unspecified atom stereocenters. The van der Waals surface area contributed by atoms with E-state index in [2.05, 4.69) is 16.2 Å². The van der Waals surface area contributed by atoms with Gasteiger partial charge < -0.3 is 9.42 Å². The Hall–Kier alpha value is -2.61. The van der Waals surface area contributed by atoms with Gasteiger partial charge in [-0.1, -0.05) is 5.16 Å². The number of rotatable bonds is 3. The van der Waals surface area contributed by atoms with E-state index in [9.17, 15) is 13.6 Å². The summed E-state index contributed by atoms with van der Waals surface area (Å²) in [6, 6.07) is 5.22. The summed E-state index contributed by atoms with van der Waals surface area (Å²) < 4.78 is 32.5. The van der Waals surface area contributed by atoms with Gasteiger partial charge in [0, 0.05) is 35.5 Å². The van der Waals surface area contributed by atoms with E-state index in [0.29, 0.717) is 11.7 Å². The molecule has 28 heavy (non-hydrogen) atoms. The van der Waals surface area contributed by atoms with Crippen molar-refractivity contribution in [3.63, 3.8) is 0 Å². The van der Waals surface area contributed by atoms with Crippen LogP contribution in [0.25, 0.3) is 10.8 Å². The Kier molecular flexibility index (Phi) is 4.23. The normalized spacial score (nSPS) is 19.3. The fraction of sp³-hybridized carbons (Fsp3) is 0.350. The molecule has 1 aliphatic carbocycles. The summed E-state index contributed by atoms with van der Waals surface area (Å²) in [5.41, 5.74) is 1.57. The van der Waals surface area contributed by atoms with Crippen LogP contribution in [-0.2, 0) is 17.6 Å². The molecule has 144 valence electrons. The molecule has 1 saturated heterocycles. The maximum absolute atomic E-state index is 13.5. The molecule has 5 nitrogen and oxygen atoms in total. The lowest BCUT2D eigenvalue weighted by Crippen LogP contribution is -2.24. The summed E-state index contributed by atoms with van der Waals surface area (Å²) in [5.74, 6) is -0.991. The molecular weight excluding hydrogens is 384 g/mol. The van der Waals surface area contributed by atoms with Crippen molar-refractivity contribution in [2.45, 2.75) is 38.0 Å². The number of anilines is 1. The SMILES string of the molecule is O=C1CC(c2noc(-c3cc4c(s3)CCCC4)n2)CN1c1cc(F)cc(F)c1. The minimum atomic E-state index is -0.713. The topological polar surface area (TPSA) is 59.2 Å². The van der Waals surface area contributed by atoms with E-state index >= 15 is 0 Å². The van der Waals surface area contributed by atoms with Crippen molar-refractivity contribution in [3.8, 4) is 10.8 Å². The number of carbonyl (C=O) groups is 1. The van der Waals surface area contributed by atoms with E-state index in [1.54, 1.807) is 11.3 Å². The van der Waals surface area contributed by atoms with E-state index in [0.717, 1.165) is 35.9 Å². The van der Waals surface area contributed by atoms with E-state index in [1.165, 1.54) is 28.2 Å². The molecule has 5 rings (SSSR count). The maximum atomic E-state index is 13.5. The molecule has 2 aromatic heterocycles. The Labute approximate surface area is 164 Å². The van der Waals surface area contributed by atoms with Gasteiger partial charge in [-0.15, -0.1) is 11.3 Å². The summed E-state index contributed by atoms with van der Waals surface area (Å²) >= 11 is 1.69. The first-order valence-corrected chi connectivity index (χ1v) is 10.1. The number of hydrogen-bond acceptors (Lipinski definition) is 5. The van der Waals surface area contributed by atoms with Gasteiger partial charge in [-0.25, -0.2) is 8.78 Å². The van der Waals surface area contributed by atoms with Crippen molar-refractivity contribution in [2.75, 3.05) is 11.4 Å². The first-order chi connectivity index (χ1) is 13.6. The second-order valence-electron chi connectivity index (χ2n) is 7.26. The van der Waals surface area contributed by atoms with E-state index in [-0.39, 0.29) is 30.5 Å². The summed E-state index contributed by atoms with van der Waals surface area (Å²) in [6.45, 7) is 0.266. The second-order valence-corrected chi connectivity index (χ2v) is 8.39. The van der Waals surface area contributed by atoms with Crippen molar-refractivity contribution in [3.05, 3.63) is 52.2 Å². The van der Waals surface area contributed by atoms with Gasteiger partial charge in [0.1, 0.15) is 11.6 Å². The monoisotopic (exact) mass is 401 g/mol. The van der Waals surface area contributed by atoms with Crippen LogP contribution in [0.1, 0.15) is 41.4 Å². The predicted octanol–water partition coefficient (Wildman–Crippen LogP) is 4.48. The molecule has 1 amide bonds. The van der Waals surface area contributed by atoms with Gasteiger partial charge in [-0.3, -0.25) is 4.79 Å². The zero-order valence-electron chi connectivity index (χ0n) is 15.0. The lowest BCUT2D eigenvalue weighted by atomic mass is 9.99. The molecule has 2 aliphatic rings. The molecule has 0 N–H and O–H groups in total. The number of aryl methyl sites for hydroxylation is 2. The summed E-state index contributed by atoms with van der Waals surface area (Å²) in [4.78, 5) is 20.6. The zero-order chi connectivity index (χ0) is 19.3. The molecular formula is C20H17F2N3O2S. The van der Waals surface area contributed by atoms with Crippen molar-refractivity contribution < 1.29 is 18.1 Å². The molecule has 1 atom stereocenters. The predicted molar refractivity (Wildman–Crippen MR) is 100 cm³/mol. The van der Waals surface area contributed by atoms with Crippen LogP contribution in [0, 0.1) is 11.6 Å². The summed E-state index contributed by atoms with van der Waals surface area (Å²) in [6.07, 6.45) is 4.78. The van der Waals surface area contributed by atoms with Crippen LogP contribution in [-0.4, -0.2) is 22.6 Å². The van der Waals surface area contributed by atoms with Crippen LogP contribution in [0.2, 0.25) is 0 Å². The third-order valence-corrected chi connectivity index (χ3v) is 6.52. The van der Waals surface area contributed by atoms with Crippen LogP contribution in [0.5, 0.6) is 0 Å². The number of carbonyl (C=O) groups excluding carboxylic acids is 1. The van der Waals surface area contributed by atoms with Gasteiger partial charge in [0.25, 0.3) is 5.89 Å². The molecule has 3 heterocycles. The summed E-state index contributed by atoms with van der Waals surface area (Å²) in [5, 5.41) is 4.07. The largest absolute Gasteiger partial charge is 0.333 e. The van der Waals surface area contributed by atoms with Crippen molar-refractivity contribution in [2.24, 2.45) is 0 Å². The van der Waals surface area contributed by atoms with Gasteiger partial charge in [0.05, 0.1) is 4.88 Å². The number of amides is 1. The first-order valence-electron chi connectivity index (χ1n) is 9.29. The smallest absolute Gasteiger partial charge is 0.268 e. The Morgan fingerprint density at radius 3 is 2.68 bits per heavy atom. The molecule has 3 aromatic rings. The van der Waals surface area contributed by atoms with Crippen molar-refractivity contribution in [1.29, 1.82) is 0 Å². The lowest BCUT2D eigenvalue weighted by molar-refractivity contribution is -0.117. The Morgan fingerprint density at radius 1 is 1.11 bits per heavy atom. The molecule has 0 spiro atoms. The van der Waals surface area contributed by atoms with Crippen molar-refractivity contribution >= 4 is 22.9 Å². The number of aromatic nitrogens is 2. The van der Waals surface area contributed by atoms with Crippen molar-refractivity contribution in [1.82, 2.24) is 10.1 Å². The molecule has 0 saturated carbocycles. The number of nitrogens with zero attached hydrogens (tertiary/aromatic N) is 3. The van der Waals surface area contributed by atoms with E-state index < -0.39 is 11.6 Å². The standard InChI is InChI=1S/C20H17F2N3O2S/c21-13-7-14(22)9-15(8-13)25-10-12(6-18(25)26)19-23-20(27-24-19)17-5-11-3-1-2-4-16(11)28-17/h5,7-9,12H,1-4,6,10H2. The van der Waals surface area contributed by atoms with Crippen LogP contribution in [0.15, 0.2) is 28.8 Å². The molecule has 8 heteroatoms. The Morgan fingerprint density at radius 2 is 1.89 bits per heavy atom. The summed E-state index contributed by atoms with van der Waals surface area (Å²) in [7, 11) is 0. The molecule has 1 fully saturated rings. The van der Waals surface area contributed by atoms with Crippen LogP contribution >= 0.6 is 11.3 Å². The van der Waals surface area contributed by atoms with Crippen LogP contribution < -0.4 is 4.90 Å². The molecule has 1 aromatic carbocycles. The molecule has 0 bridgehead atoms. The lowest BCUT2D eigenvalue weighted by Gasteiger charge is -2.16. The highest BCUT2D eigenvalue weighted by molar-refractivity contribution is 7.15. The molecule has 0 radical (unpaired) electrons. The molecule has 1 aliphatic heterocycles. The number of hydrogen-bond donors (Lipinski definition) is 0. The average Bonchev–Trinajstić information content (AvgIpc) is 3.38. The number of thiophene rings is 1. The van der Waals surface area contributed by atoms with Gasteiger partial charge in [-0.05, 0) is 49.4 Å². The van der Waals surface area contributed by atoms with Gasteiger partial charge in [0.2, 0.25) is 5.91 Å². The Balaban J connectivity index is 1.37. The number of benzene rings is 1. The highest BCUT2D eigenvalue weighted by atomic mass is 32.1. The third-order valence-electron chi connectivity index (χ3n) is 5.30. The minimum Gasteiger partial charge on any atom is -0.333 e. The quantitative estimate of drug-likeness (QED) is 0.650. The minimum absolute atomic E-state index is 0.179. The highest BCUT2D eigenvalue weighted by Crippen LogP contribution is 2.37. The number of fused-ring (bicyclic) bond motifs is 1. The van der Waals surface area contributed by atoms with E-state index in [1.807, 2.05) is 0 Å². The fourth-order valence-electron chi connectivity index (χ4n) is 3.92. The van der Waals surface area contributed by atoms with Gasteiger partial charge in [-0.2, -0.15) is 4.98 Å². The number of halogens is 2. The fourth-order valence-corrected chi connectivity index (χ4v) is 5.10. The van der Waals surface area contributed by atoms with E-state index in [4.69, 9.17) is 4.52 Å². The van der Waals surface area contributed by atoms with Crippen LogP contribution in [0.4, 0.5) is 14.5 Å². The first kappa shape index (κ1) is 17.5. The second kappa shape index (κ2) is 6.77. The van der Waals surface area contributed by atoms with Gasteiger partial charge >= 0.3 is 0 Å². The average molecular weight is 401 g/mol. The highest BCUT2D eigenvalue weighted by Gasteiger charge is 2.35. The maximum Gasteiger partial charge on any atom is 0.268 e. The third kappa shape index (κ3) is 3.11.